The first-order valence-corrected chi connectivity index (χ1v) is 7.49. The third-order valence-corrected chi connectivity index (χ3v) is 3.29. The fourth-order valence-electron chi connectivity index (χ4n) is 2.19. The number of likely N-dealkylation sites (tertiary alicyclic amines) is 1. The van der Waals surface area contributed by atoms with Crippen LogP contribution in [0.2, 0.25) is 0 Å². The molecule has 1 atom stereocenters. The minimum atomic E-state index is -0.233. The van der Waals surface area contributed by atoms with Crippen molar-refractivity contribution in [1.82, 2.24) is 20.4 Å². The monoisotopic (exact) mass is 307 g/mol. The minimum absolute atomic E-state index is 0.0368. The molecule has 0 aromatic carbocycles. The Kier molecular flexibility index (Phi) is 4.73. The van der Waals surface area contributed by atoms with Gasteiger partial charge in [0, 0.05) is 38.7 Å². The first kappa shape index (κ1) is 16.3. The summed E-state index contributed by atoms with van der Waals surface area (Å²) in [5, 5.41) is 11.1. The van der Waals surface area contributed by atoms with Gasteiger partial charge in [-0.2, -0.15) is 0 Å². The molecule has 0 saturated carbocycles. The topological polar surface area (TPSA) is 70.6 Å². The molecule has 1 aromatic rings. The van der Waals surface area contributed by atoms with E-state index in [4.69, 9.17) is 4.74 Å². The van der Waals surface area contributed by atoms with Crippen molar-refractivity contribution in [2.45, 2.75) is 38.8 Å². The van der Waals surface area contributed by atoms with Crippen LogP contribution in [0.3, 0.4) is 0 Å². The van der Waals surface area contributed by atoms with Crippen LogP contribution in [0, 0.1) is 0 Å². The van der Waals surface area contributed by atoms with E-state index >= 15 is 0 Å². The van der Waals surface area contributed by atoms with Gasteiger partial charge in [0.05, 0.1) is 6.54 Å². The fraction of sp³-hybridized carbons (Fsp3) is 0.667. The zero-order valence-electron chi connectivity index (χ0n) is 14.0. The van der Waals surface area contributed by atoms with Gasteiger partial charge in [-0.25, -0.2) is 4.79 Å². The predicted molar refractivity (Wildman–Crippen MR) is 85.2 cm³/mol. The average Bonchev–Trinajstić information content (AvgIpc) is 2.86. The van der Waals surface area contributed by atoms with E-state index in [0.717, 1.165) is 12.2 Å². The molecule has 2 amide bonds. The van der Waals surface area contributed by atoms with Gasteiger partial charge in [0.1, 0.15) is 6.10 Å². The Morgan fingerprint density at radius 2 is 2.09 bits per heavy atom. The number of nitrogens with zero attached hydrogens (tertiary/aromatic N) is 4. The smallest absolute Gasteiger partial charge is 0.317 e. The number of aromatic nitrogens is 2. The Bertz CT molecular complexity index is 510. The molecule has 122 valence electrons. The molecule has 1 fully saturated rings. The van der Waals surface area contributed by atoms with Crippen LogP contribution < -0.4 is 15.0 Å². The van der Waals surface area contributed by atoms with Gasteiger partial charge in [0.25, 0.3) is 0 Å². The van der Waals surface area contributed by atoms with Crippen LogP contribution in [-0.2, 0) is 0 Å². The lowest BCUT2D eigenvalue weighted by atomic mass is 10.1. The van der Waals surface area contributed by atoms with Crippen LogP contribution in [0.25, 0.3) is 0 Å². The molecule has 2 heterocycles. The summed E-state index contributed by atoms with van der Waals surface area (Å²) >= 11 is 0. The molecule has 1 aliphatic heterocycles. The molecule has 1 N–H and O–H groups in total. The zero-order chi connectivity index (χ0) is 16.3. The zero-order valence-corrected chi connectivity index (χ0v) is 14.0. The van der Waals surface area contributed by atoms with Gasteiger partial charge in [0.15, 0.2) is 5.82 Å². The van der Waals surface area contributed by atoms with Crippen molar-refractivity contribution in [3.63, 3.8) is 0 Å². The van der Waals surface area contributed by atoms with E-state index in [-0.39, 0.29) is 17.7 Å². The van der Waals surface area contributed by atoms with Crippen LogP contribution in [0.1, 0.15) is 27.2 Å². The number of nitrogens with one attached hydrogen (secondary N) is 1. The van der Waals surface area contributed by atoms with Gasteiger partial charge in [-0.15, -0.1) is 10.2 Å². The lowest BCUT2D eigenvalue weighted by Gasteiger charge is -2.25. The molecular formula is C15H25N5O2. The molecule has 7 nitrogen and oxygen atoms in total. The lowest BCUT2D eigenvalue weighted by molar-refractivity contribution is 0.177. The standard InChI is InChI=1S/C15H25N5O2/c1-15(2,3)16-14(21)20-9-8-11(10-20)22-13-7-6-12(17-18-13)19(4)5/h6-7,11H,8-10H2,1-5H3,(H,16,21). The van der Waals surface area contributed by atoms with Gasteiger partial charge in [-0.3, -0.25) is 0 Å². The SMILES string of the molecule is CN(C)c1ccc(OC2CCN(C(=O)NC(C)(C)C)C2)nn1. The van der Waals surface area contributed by atoms with E-state index in [2.05, 4.69) is 15.5 Å². The number of rotatable bonds is 3. The van der Waals surface area contributed by atoms with E-state index in [0.29, 0.717) is 19.0 Å². The largest absolute Gasteiger partial charge is 0.471 e. The molecule has 1 aromatic heterocycles. The Balaban J connectivity index is 1.87. The van der Waals surface area contributed by atoms with E-state index in [1.807, 2.05) is 45.8 Å². The molecule has 1 unspecified atom stereocenters. The highest BCUT2D eigenvalue weighted by Gasteiger charge is 2.29. The molecule has 0 spiro atoms. The van der Waals surface area contributed by atoms with Crippen molar-refractivity contribution >= 4 is 11.8 Å². The normalized spacial score (nSPS) is 18.2. The second-order valence-corrected chi connectivity index (χ2v) is 6.78. The third-order valence-electron chi connectivity index (χ3n) is 3.29. The maximum Gasteiger partial charge on any atom is 0.317 e. The number of anilines is 1. The molecule has 0 radical (unpaired) electrons. The summed E-state index contributed by atoms with van der Waals surface area (Å²) in [5.74, 6) is 1.28. The predicted octanol–water partition coefficient (Wildman–Crippen LogP) is 1.50. The fourth-order valence-corrected chi connectivity index (χ4v) is 2.19. The molecule has 7 heteroatoms. The van der Waals surface area contributed by atoms with Crippen molar-refractivity contribution in [3.05, 3.63) is 12.1 Å². The van der Waals surface area contributed by atoms with E-state index in [1.54, 1.807) is 11.0 Å². The summed E-state index contributed by atoms with van der Waals surface area (Å²) in [4.78, 5) is 15.8. The van der Waals surface area contributed by atoms with E-state index < -0.39 is 0 Å². The Labute approximate surface area is 131 Å². The van der Waals surface area contributed by atoms with Crippen molar-refractivity contribution in [2.75, 3.05) is 32.1 Å². The highest BCUT2D eigenvalue weighted by atomic mass is 16.5. The summed E-state index contributed by atoms with van der Waals surface area (Å²) < 4.78 is 5.81. The second kappa shape index (κ2) is 6.37. The van der Waals surface area contributed by atoms with Gasteiger partial charge in [-0.05, 0) is 26.8 Å². The highest BCUT2D eigenvalue weighted by Crippen LogP contribution is 2.18. The van der Waals surface area contributed by atoms with E-state index in [1.165, 1.54) is 0 Å². The summed E-state index contributed by atoms with van der Waals surface area (Å²) in [6.45, 7) is 7.17. The highest BCUT2D eigenvalue weighted by molar-refractivity contribution is 5.75. The van der Waals surface area contributed by atoms with Gasteiger partial charge >= 0.3 is 6.03 Å². The maximum atomic E-state index is 12.1. The summed E-state index contributed by atoms with van der Waals surface area (Å²) in [7, 11) is 3.82. The Morgan fingerprint density at radius 1 is 1.36 bits per heavy atom. The molecule has 0 bridgehead atoms. The van der Waals surface area contributed by atoms with Crippen molar-refractivity contribution in [2.24, 2.45) is 0 Å². The molecule has 22 heavy (non-hydrogen) atoms. The van der Waals surface area contributed by atoms with Crippen LogP contribution >= 0.6 is 0 Å². The molecule has 1 saturated heterocycles. The molecule has 1 aliphatic rings. The second-order valence-electron chi connectivity index (χ2n) is 6.78. The number of urea groups is 1. The first-order chi connectivity index (χ1) is 10.2. The number of hydrogen-bond acceptors (Lipinski definition) is 5. The summed E-state index contributed by atoms with van der Waals surface area (Å²) in [6.07, 6.45) is 0.763. The Hall–Kier alpha value is -2.05. The van der Waals surface area contributed by atoms with Crippen LogP contribution in [0.15, 0.2) is 12.1 Å². The van der Waals surface area contributed by atoms with Gasteiger partial charge in [0.2, 0.25) is 5.88 Å². The van der Waals surface area contributed by atoms with Crippen LogP contribution in [0.4, 0.5) is 10.6 Å². The summed E-state index contributed by atoms with van der Waals surface area (Å²) in [6, 6.07) is 3.62. The van der Waals surface area contributed by atoms with Gasteiger partial charge in [-0.1, -0.05) is 0 Å². The first-order valence-electron chi connectivity index (χ1n) is 7.49. The maximum absolute atomic E-state index is 12.1. The van der Waals surface area contributed by atoms with Crippen molar-refractivity contribution < 1.29 is 9.53 Å². The summed E-state index contributed by atoms with van der Waals surface area (Å²) in [5.41, 5.74) is -0.233. The molecular weight excluding hydrogens is 282 g/mol. The number of hydrogen-bond donors (Lipinski definition) is 1. The van der Waals surface area contributed by atoms with Crippen LogP contribution in [-0.4, -0.2) is 60.0 Å². The number of amides is 2. The van der Waals surface area contributed by atoms with Crippen LogP contribution in [0.5, 0.6) is 5.88 Å². The number of carbonyl (C=O) groups excluding carboxylic acids is 1. The van der Waals surface area contributed by atoms with Crippen molar-refractivity contribution in [3.8, 4) is 5.88 Å². The van der Waals surface area contributed by atoms with Crippen molar-refractivity contribution in [1.29, 1.82) is 0 Å². The van der Waals surface area contributed by atoms with Gasteiger partial charge < -0.3 is 19.9 Å². The molecule has 2 rings (SSSR count). The number of carbonyl (C=O) groups is 1. The quantitative estimate of drug-likeness (QED) is 0.916. The minimum Gasteiger partial charge on any atom is -0.471 e. The lowest BCUT2D eigenvalue weighted by Crippen LogP contribution is -2.48. The molecule has 0 aliphatic carbocycles. The number of ether oxygens (including phenoxy) is 1. The average molecular weight is 307 g/mol. The Morgan fingerprint density at radius 3 is 2.64 bits per heavy atom. The van der Waals surface area contributed by atoms with E-state index in [9.17, 15) is 4.79 Å². The third kappa shape index (κ3) is 4.47.